The molecular formula is C64H45NO. The number of furan rings is 1. The van der Waals surface area contributed by atoms with E-state index in [-0.39, 0.29) is 0 Å². The first-order valence-electron chi connectivity index (χ1n) is 23.0. The predicted molar refractivity (Wildman–Crippen MR) is 272 cm³/mol. The molecule has 2 heteroatoms. The van der Waals surface area contributed by atoms with Crippen LogP contribution in [-0.2, 0) is 10.8 Å². The molecule has 0 fully saturated rings. The molecule has 2 aliphatic carbocycles. The van der Waals surface area contributed by atoms with Crippen molar-refractivity contribution in [3.8, 4) is 22.3 Å². The highest BCUT2D eigenvalue weighted by Gasteiger charge is 2.48. The molecule has 11 aromatic rings. The molecule has 13 rings (SSSR count). The number of nitrogens with zero attached hydrogens (tertiary/aromatic N) is 1. The Morgan fingerprint density at radius 3 is 1.42 bits per heavy atom. The minimum Gasteiger partial charge on any atom is -0.456 e. The second-order valence-electron chi connectivity index (χ2n) is 18.0. The highest BCUT2D eigenvalue weighted by Crippen LogP contribution is 2.59. The number of para-hydroxylation sites is 1. The van der Waals surface area contributed by atoms with Gasteiger partial charge >= 0.3 is 0 Å². The molecule has 1 aromatic heterocycles. The van der Waals surface area contributed by atoms with Crippen molar-refractivity contribution in [2.45, 2.75) is 24.7 Å². The molecule has 0 aliphatic heterocycles. The highest BCUT2D eigenvalue weighted by atomic mass is 16.3. The van der Waals surface area contributed by atoms with E-state index >= 15 is 0 Å². The minimum atomic E-state index is -0.564. The molecule has 0 bridgehead atoms. The van der Waals surface area contributed by atoms with Crippen molar-refractivity contribution in [2.75, 3.05) is 4.90 Å². The van der Waals surface area contributed by atoms with E-state index in [1.54, 1.807) is 0 Å². The van der Waals surface area contributed by atoms with Crippen LogP contribution in [0, 0.1) is 13.8 Å². The Morgan fingerprint density at radius 2 is 0.773 bits per heavy atom. The minimum absolute atomic E-state index is 0.550. The van der Waals surface area contributed by atoms with Crippen LogP contribution in [0.25, 0.3) is 44.2 Å². The number of fused-ring (bicyclic) bond motifs is 9. The van der Waals surface area contributed by atoms with Gasteiger partial charge in [-0.15, -0.1) is 0 Å². The van der Waals surface area contributed by atoms with Crippen molar-refractivity contribution in [1.82, 2.24) is 0 Å². The third-order valence-electron chi connectivity index (χ3n) is 14.7. The first kappa shape index (κ1) is 38.3. The summed E-state index contributed by atoms with van der Waals surface area (Å²) in [5, 5.41) is 2.19. The maximum Gasteiger partial charge on any atom is 0.135 e. The number of benzene rings is 10. The molecular weight excluding hydrogens is 799 g/mol. The molecule has 0 amide bonds. The first-order chi connectivity index (χ1) is 32.6. The molecule has 0 unspecified atom stereocenters. The number of anilines is 3. The Kier molecular flexibility index (Phi) is 8.51. The van der Waals surface area contributed by atoms with Gasteiger partial charge in [0.25, 0.3) is 0 Å². The summed E-state index contributed by atoms with van der Waals surface area (Å²) in [7, 11) is 0. The van der Waals surface area contributed by atoms with Crippen LogP contribution in [-0.4, -0.2) is 0 Å². The lowest BCUT2D eigenvalue weighted by Gasteiger charge is -2.37. The standard InChI is InChI=1S/C64H45NO/c1-42-19-6-12-29-55(42)64(58-32-15-9-26-51(58)52-27-10-16-33-59(52)64)60-41-48(36-35-43(60)2)65(47-37-38-62-54(40-47)53-28-11-17-34-61(53)66-62)46-23-18-22-45(39-46)63(44-20-4-3-5-21-44)56-30-13-7-24-49(56)50-25-8-14-31-57(50)63/h3-41H,1-2H3. The zero-order valence-electron chi connectivity index (χ0n) is 36.9. The Bertz CT molecular complexity index is 3610. The lowest BCUT2D eigenvalue weighted by molar-refractivity contribution is 0.669. The molecule has 10 aromatic carbocycles. The highest BCUT2D eigenvalue weighted by molar-refractivity contribution is 6.06. The zero-order chi connectivity index (χ0) is 44.0. The maximum atomic E-state index is 6.44. The van der Waals surface area contributed by atoms with Gasteiger partial charge in [-0.3, -0.25) is 0 Å². The molecule has 312 valence electrons. The Balaban J connectivity index is 1.10. The lowest BCUT2D eigenvalue weighted by Crippen LogP contribution is -2.31. The van der Waals surface area contributed by atoms with Crippen LogP contribution >= 0.6 is 0 Å². The van der Waals surface area contributed by atoms with E-state index in [0.717, 1.165) is 39.0 Å². The molecule has 0 saturated carbocycles. The number of hydrogen-bond acceptors (Lipinski definition) is 2. The van der Waals surface area contributed by atoms with Crippen molar-refractivity contribution in [3.63, 3.8) is 0 Å². The van der Waals surface area contributed by atoms with Crippen LogP contribution in [0.3, 0.4) is 0 Å². The topological polar surface area (TPSA) is 16.4 Å². The molecule has 2 aliphatic rings. The van der Waals surface area contributed by atoms with Gasteiger partial charge in [-0.05, 0) is 140 Å². The van der Waals surface area contributed by atoms with Crippen molar-refractivity contribution < 1.29 is 4.42 Å². The van der Waals surface area contributed by atoms with Gasteiger partial charge in [0.05, 0.1) is 10.8 Å². The van der Waals surface area contributed by atoms with Gasteiger partial charge < -0.3 is 9.32 Å². The van der Waals surface area contributed by atoms with E-state index in [9.17, 15) is 0 Å². The molecule has 0 saturated heterocycles. The van der Waals surface area contributed by atoms with Crippen molar-refractivity contribution >= 4 is 39.0 Å². The number of aryl methyl sites for hydroxylation is 2. The van der Waals surface area contributed by atoms with E-state index in [1.165, 1.54) is 77.9 Å². The third kappa shape index (κ3) is 5.30. The monoisotopic (exact) mass is 843 g/mol. The molecule has 66 heavy (non-hydrogen) atoms. The van der Waals surface area contributed by atoms with E-state index in [4.69, 9.17) is 4.42 Å². The summed E-state index contributed by atoms with van der Waals surface area (Å²) in [5.41, 5.74) is 21.7. The third-order valence-corrected chi connectivity index (χ3v) is 14.7. The van der Waals surface area contributed by atoms with Crippen LogP contribution in [0.1, 0.15) is 55.6 Å². The summed E-state index contributed by atoms with van der Waals surface area (Å²) in [6.07, 6.45) is 0. The SMILES string of the molecule is Cc1ccccc1C1(c2cc(N(c3cccc(C4(c5ccccc5)c5ccccc5-c5ccccc54)c3)c3ccc4oc5ccccc5c4c3)ccc2C)c2ccccc2-c2ccccc21. The Morgan fingerprint density at radius 1 is 0.303 bits per heavy atom. The Labute approximate surface area is 385 Å². The van der Waals surface area contributed by atoms with Crippen LogP contribution in [0.2, 0.25) is 0 Å². The number of rotatable bonds is 7. The summed E-state index contributed by atoms with van der Waals surface area (Å²) >= 11 is 0. The van der Waals surface area contributed by atoms with E-state index in [2.05, 4.69) is 249 Å². The number of hydrogen-bond donors (Lipinski definition) is 0. The Hall–Kier alpha value is -8.20. The van der Waals surface area contributed by atoms with Crippen molar-refractivity contribution in [3.05, 3.63) is 292 Å². The zero-order valence-corrected chi connectivity index (χ0v) is 36.9. The quantitative estimate of drug-likeness (QED) is 0.159. The van der Waals surface area contributed by atoms with Crippen molar-refractivity contribution in [2.24, 2.45) is 0 Å². The summed E-state index contributed by atoms with van der Waals surface area (Å²) in [6, 6.07) is 87.6. The van der Waals surface area contributed by atoms with Gasteiger partial charge in [-0.25, -0.2) is 0 Å². The summed E-state index contributed by atoms with van der Waals surface area (Å²) in [5.74, 6) is 0. The first-order valence-corrected chi connectivity index (χ1v) is 23.0. The molecule has 0 atom stereocenters. The average molecular weight is 844 g/mol. The van der Waals surface area contributed by atoms with Crippen molar-refractivity contribution in [1.29, 1.82) is 0 Å². The molecule has 1 heterocycles. The smallest absolute Gasteiger partial charge is 0.135 e. The average Bonchev–Trinajstić information content (AvgIpc) is 4.00. The summed E-state index contributed by atoms with van der Waals surface area (Å²) in [6.45, 7) is 4.56. The fourth-order valence-corrected chi connectivity index (χ4v) is 12.0. The van der Waals surface area contributed by atoms with E-state index in [1.807, 2.05) is 6.07 Å². The second kappa shape index (κ2) is 14.7. The van der Waals surface area contributed by atoms with E-state index < -0.39 is 10.8 Å². The normalized spacial score (nSPS) is 13.8. The molecule has 2 nitrogen and oxygen atoms in total. The van der Waals surface area contributed by atoms with Crippen LogP contribution < -0.4 is 4.90 Å². The van der Waals surface area contributed by atoms with Crippen LogP contribution in [0.15, 0.2) is 241 Å². The fourth-order valence-electron chi connectivity index (χ4n) is 12.0. The summed E-state index contributed by atoms with van der Waals surface area (Å²) < 4.78 is 6.44. The van der Waals surface area contributed by atoms with Gasteiger partial charge in [0.2, 0.25) is 0 Å². The van der Waals surface area contributed by atoms with Gasteiger partial charge in [-0.2, -0.15) is 0 Å². The van der Waals surface area contributed by atoms with Gasteiger partial charge in [0.1, 0.15) is 11.2 Å². The van der Waals surface area contributed by atoms with Gasteiger partial charge in [0, 0.05) is 27.8 Å². The largest absolute Gasteiger partial charge is 0.456 e. The van der Waals surface area contributed by atoms with Crippen LogP contribution in [0.5, 0.6) is 0 Å². The second-order valence-corrected chi connectivity index (χ2v) is 18.0. The van der Waals surface area contributed by atoms with E-state index in [0.29, 0.717) is 0 Å². The fraction of sp³-hybridized carbons (Fsp3) is 0.0625. The lowest BCUT2D eigenvalue weighted by atomic mass is 9.65. The molecule has 0 spiro atoms. The van der Waals surface area contributed by atoms with Crippen LogP contribution in [0.4, 0.5) is 17.1 Å². The van der Waals surface area contributed by atoms with Gasteiger partial charge in [0.15, 0.2) is 0 Å². The van der Waals surface area contributed by atoms with Gasteiger partial charge in [-0.1, -0.05) is 188 Å². The maximum absolute atomic E-state index is 6.44. The summed E-state index contributed by atoms with van der Waals surface area (Å²) in [4.78, 5) is 2.47. The predicted octanol–water partition coefficient (Wildman–Crippen LogP) is 16.4. The molecule has 0 radical (unpaired) electrons. The molecule has 0 N–H and O–H groups in total.